The fraction of sp³-hybridized carbons (Fsp3) is 0.500. The summed E-state index contributed by atoms with van der Waals surface area (Å²) in [4.78, 5) is 10.1. The van der Waals surface area contributed by atoms with E-state index in [0.717, 1.165) is 28.0 Å². The van der Waals surface area contributed by atoms with Crippen LogP contribution in [-0.4, -0.2) is 37.8 Å². The van der Waals surface area contributed by atoms with Crippen molar-refractivity contribution in [2.45, 2.75) is 40.8 Å². The number of thiazole rings is 1. The lowest BCUT2D eigenvalue weighted by molar-refractivity contribution is 0.110. The van der Waals surface area contributed by atoms with Gasteiger partial charge in [-0.2, -0.15) is 0 Å². The third-order valence-electron chi connectivity index (χ3n) is 4.06. The van der Waals surface area contributed by atoms with Crippen LogP contribution < -0.4 is 15.4 Å². The standard InChI is InChI=1S/C20H30N4O2S/c1-6-25-9-10-26-18-11-14(2)7-8-17(18)12-22-20(21-5)23-13-19-24-15(3)16(4)27-19/h7-8,11H,6,9-10,12-13H2,1-5H3,(H2,21,22,23). The molecular formula is C20H30N4O2S. The number of aliphatic imine (C=N–C) groups is 1. The van der Waals surface area contributed by atoms with E-state index in [9.17, 15) is 0 Å². The van der Waals surface area contributed by atoms with Gasteiger partial charge in [-0.05, 0) is 39.3 Å². The van der Waals surface area contributed by atoms with Crippen LogP contribution >= 0.6 is 11.3 Å². The zero-order valence-electron chi connectivity index (χ0n) is 16.9. The SMILES string of the molecule is CCOCCOc1cc(C)ccc1CNC(=NC)NCc1nc(C)c(C)s1. The van der Waals surface area contributed by atoms with Gasteiger partial charge in [0.25, 0.3) is 0 Å². The molecule has 1 aromatic heterocycles. The van der Waals surface area contributed by atoms with Gasteiger partial charge in [-0.15, -0.1) is 11.3 Å². The van der Waals surface area contributed by atoms with Crippen LogP contribution in [0.1, 0.15) is 33.6 Å². The molecule has 0 aliphatic rings. The van der Waals surface area contributed by atoms with Crippen LogP contribution in [0.2, 0.25) is 0 Å². The molecule has 27 heavy (non-hydrogen) atoms. The predicted molar refractivity (Wildman–Crippen MR) is 112 cm³/mol. The summed E-state index contributed by atoms with van der Waals surface area (Å²) in [6.07, 6.45) is 0. The molecule has 2 rings (SSSR count). The number of ether oxygens (including phenoxy) is 2. The van der Waals surface area contributed by atoms with E-state index in [1.54, 1.807) is 18.4 Å². The molecule has 6 nitrogen and oxygen atoms in total. The molecule has 7 heteroatoms. The second-order valence-corrected chi connectivity index (χ2v) is 7.47. The minimum Gasteiger partial charge on any atom is -0.491 e. The van der Waals surface area contributed by atoms with E-state index in [1.165, 1.54) is 10.4 Å². The Kier molecular flexibility index (Phi) is 8.54. The fourth-order valence-electron chi connectivity index (χ4n) is 2.47. The minimum atomic E-state index is 0.542. The molecule has 0 saturated heterocycles. The zero-order chi connectivity index (χ0) is 19.6. The van der Waals surface area contributed by atoms with Crippen LogP contribution in [-0.2, 0) is 17.8 Å². The van der Waals surface area contributed by atoms with Crippen molar-refractivity contribution < 1.29 is 9.47 Å². The molecule has 1 aromatic carbocycles. The van der Waals surface area contributed by atoms with Gasteiger partial charge < -0.3 is 20.1 Å². The molecule has 0 aliphatic carbocycles. The zero-order valence-corrected chi connectivity index (χ0v) is 17.7. The molecule has 0 radical (unpaired) electrons. The predicted octanol–water partition coefficient (Wildman–Crippen LogP) is 3.35. The van der Waals surface area contributed by atoms with E-state index in [2.05, 4.69) is 52.7 Å². The largest absolute Gasteiger partial charge is 0.491 e. The maximum absolute atomic E-state index is 5.90. The van der Waals surface area contributed by atoms with E-state index in [1.807, 2.05) is 13.8 Å². The Bertz CT molecular complexity index is 739. The maximum Gasteiger partial charge on any atom is 0.191 e. The highest BCUT2D eigenvalue weighted by molar-refractivity contribution is 7.11. The first-order valence-corrected chi connectivity index (χ1v) is 10.0. The van der Waals surface area contributed by atoms with Crippen LogP contribution in [0.15, 0.2) is 23.2 Å². The topological polar surface area (TPSA) is 67.8 Å². The van der Waals surface area contributed by atoms with Gasteiger partial charge in [-0.25, -0.2) is 4.98 Å². The summed E-state index contributed by atoms with van der Waals surface area (Å²) < 4.78 is 11.2. The van der Waals surface area contributed by atoms with Crippen LogP contribution in [0.25, 0.3) is 0 Å². The first-order valence-electron chi connectivity index (χ1n) is 9.21. The monoisotopic (exact) mass is 390 g/mol. The van der Waals surface area contributed by atoms with Crippen molar-refractivity contribution in [1.29, 1.82) is 0 Å². The molecule has 0 bridgehead atoms. The summed E-state index contributed by atoms with van der Waals surface area (Å²) in [5, 5.41) is 7.72. The molecule has 2 aromatic rings. The van der Waals surface area contributed by atoms with Crippen molar-refractivity contribution in [2.75, 3.05) is 26.9 Å². The van der Waals surface area contributed by atoms with Gasteiger partial charge in [-0.3, -0.25) is 4.99 Å². The lowest BCUT2D eigenvalue weighted by Crippen LogP contribution is -2.36. The summed E-state index contributed by atoms with van der Waals surface area (Å²) >= 11 is 1.71. The molecule has 0 fully saturated rings. The first-order chi connectivity index (χ1) is 13.0. The fourth-order valence-corrected chi connectivity index (χ4v) is 3.34. The number of nitrogens with one attached hydrogen (secondary N) is 2. The number of nitrogens with zero attached hydrogens (tertiary/aromatic N) is 2. The Morgan fingerprint density at radius 1 is 1.15 bits per heavy atom. The van der Waals surface area contributed by atoms with Crippen molar-refractivity contribution in [3.63, 3.8) is 0 Å². The number of guanidine groups is 1. The van der Waals surface area contributed by atoms with E-state index in [4.69, 9.17) is 9.47 Å². The second kappa shape index (κ2) is 10.9. The molecule has 0 aliphatic heterocycles. The maximum atomic E-state index is 5.90. The number of benzene rings is 1. The molecule has 0 unspecified atom stereocenters. The van der Waals surface area contributed by atoms with Gasteiger partial charge in [0.1, 0.15) is 17.4 Å². The van der Waals surface area contributed by atoms with Gasteiger partial charge in [0.15, 0.2) is 5.96 Å². The third kappa shape index (κ3) is 6.84. The van der Waals surface area contributed by atoms with Crippen molar-refractivity contribution in [3.05, 3.63) is 44.9 Å². The van der Waals surface area contributed by atoms with Crippen LogP contribution in [0, 0.1) is 20.8 Å². The number of hydrogen-bond acceptors (Lipinski definition) is 5. The van der Waals surface area contributed by atoms with Crippen LogP contribution in [0.5, 0.6) is 5.75 Å². The Labute approximate surface area is 166 Å². The number of rotatable bonds is 9. The summed E-state index contributed by atoms with van der Waals surface area (Å²) in [6, 6.07) is 6.23. The number of aromatic nitrogens is 1. The van der Waals surface area contributed by atoms with E-state index in [-0.39, 0.29) is 0 Å². The molecule has 0 spiro atoms. The van der Waals surface area contributed by atoms with Gasteiger partial charge >= 0.3 is 0 Å². The van der Waals surface area contributed by atoms with Crippen molar-refractivity contribution in [1.82, 2.24) is 15.6 Å². The molecule has 2 N–H and O–H groups in total. The molecule has 0 atom stereocenters. The van der Waals surface area contributed by atoms with E-state index >= 15 is 0 Å². The number of hydrogen-bond donors (Lipinski definition) is 2. The Hall–Kier alpha value is -2.12. The summed E-state index contributed by atoms with van der Waals surface area (Å²) in [7, 11) is 1.77. The average molecular weight is 391 g/mol. The third-order valence-corrected chi connectivity index (χ3v) is 5.13. The lowest BCUT2D eigenvalue weighted by atomic mass is 10.1. The Morgan fingerprint density at radius 3 is 2.59 bits per heavy atom. The van der Waals surface area contributed by atoms with Gasteiger partial charge in [0.2, 0.25) is 0 Å². The van der Waals surface area contributed by atoms with Crippen molar-refractivity contribution >= 4 is 17.3 Å². The molecular weight excluding hydrogens is 360 g/mol. The van der Waals surface area contributed by atoms with Crippen molar-refractivity contribution in [2.24, 2.45) is 4.99 Å². The van der Waals surface area contributed by atoms with Gasteiger partial charge in [0, 0.05) is 30.6 Å². The molecule has 0 amide bonds. The quantitative estimate of drug-likeness (QED) is 0.390. The minimum absolute atomic E-state index is 0.542. The Balaban J connectivity index is 1.91. The first kappa shape index (κ1) is 21.2. The second-order valence-electron chi connectivity index (χ2n) is 6.19. The average Bonchev–Trinajstić information content (AvgIpc) is 2.98. The summed E-state index contributed by atoms with van der Waals surface area (Å²) in [6.45, 7) is 11.3. The summed E-state index contributed by atoms with van der Waals surface area (Å²) in [5.74, 6) is 1.62. The summed E-state index contributed by atoms with van der Waals surface area (Å²) in [5.41, 5.74) is 3.34. The van der Waals surface area contributed by atoms with Crippen molar-refractivity contribution in [3.8, 4) is 5.75 Å². The smallest absolute Gasteiger partial charge is 0.191 e. The van der Waals surface area contributed by atoms with E-state index in [0.29, 0.717) is 32.9 Å². The number of aryl methyl sites for hydroxylation is 3. The normalized spacial score (nSPS) is 11.5. The molecule has 148 valence electrons. The van der Waals surface area contributed by atoms with E-state index < -0.39 is 0 Å². The van der Waals surface area contributed by atoms with Crippen LogP contribution in [0.3, 0.4) is 0 Å². The molecule has 0 saturated carbocycles. The molecule has 1 heterocycles. The Morgan fingerprint density at radius 2 is 1.93 bits per heavy atom. The highest BCUT2D eigenvalue weighted by Crippen LogP contribution is 2.20. The van der Waals surface area contributed by atoms with Gasteiger partial charge in [-0.1, -0.05) is 12.1 Å². The lowest BCUT2D eigenvalue weighted by Gasteiger charge is -2.15. The highest BCUT2D eigenvalue weighted by atomic mass is 32.1. The van der Waals surface area contributed by atoms with Gasteiger partial charge in [0.05, 0.1) is 18.8 Å². The van der Waals surface area contributed by atoms with Crippen LogP contribution in [0.4, 0.5) is 0 Å². The highest BCUT2D eigenvalue weighted by Gasteiger charge is 2.08.